The second-order valence-electron chi connectivity index (χ2n) is 8.22. The molecular formula is C27H31N3O4. The van der Waals surface area contributed by atoms with Crippen molar-refractivity contribution in [2.24, 2.45) is 0 Å². The first-order valence-corrected chi connectivity index (χ1v) is 11.2. The fourth-order valence-corrected chi connectivity index (χ4v) is 3.89. The number of likely N-dealkylation sites (N-methyl/N-ethyl adjacent to an activating group) is 1. The van der Waals surface area contributed by atoms with Crippen LogP contribution in [0.1, 0.15) is 5.56 Å². The van der Waals surface area contributed by atoms with Crippen LogP contribution in [0.3, 0.4) is 0 Å². The van der Waals surface area contributed by atoms with Crippen LogP contribution in [0.2, 0.25) is 0 Å². The number of methoxy groups -OCH3 is 3. The summed E-state index contributed by atoms with van der Waals surface area (Å²) in [5.41, 5.74) is 3.93. The average Bonchev–Trinajstić information content (AvgIpc) is 3.21. The molecule has 0 unspecified atom stereocenters. The van der Waals surface area contributed by atoms with Gasteiger partial charge in [-0.2, -0.15) is 0 Å². The molecule has 4 aromatic rings. The molecular weight excluding hydrogens is 430 g/mol. The maximum Gasteiger partial charge on any atom is 0.203 e. The molecule has 0 aliphatic heterocycles. The first-order valence-electron chi connectivity index (χ1n) is 11.2. The van der Waals surface area contributed by atoms with Gasteiger partial charge in [-0.05, 0) is 43.9 Å². The van der Waals surface area contributed by atoms with Crippen LogP contribution >= 0.6 is 0 Å². The standard InChI is InChI=1S/C27H31N3O4/c1-29(2)13-14-34-21-11-12-22-23(17-21)30(18-19-9-7-6-8-10-19)27(28-22)20-15-24(31-3)26(33-5)25(16-20)32-4/h6-12,15-17H,13-14,18H2,1-5H3. The van der Waals surface area contributed by atoms with E-state index in [0.717, 1.165) is 34.7 Å². The summed E-state index contributed by atoms with van der Waals surface area (Å²) in [4.78, 5) is 7.08. The Hall–Kier alpha value is -3.71. The van der Waals surface area contributed by atoms with E-state index in [4.69, 9.17) is 23.9 Å². The highest BCUT2D eigenvalue weighted by Crippen LogP contribution is 2.41. The van der Waals surface area contributed by atoms with Gasteiger partial charge in [-0.3, -0.25) is 0 Å². The minimum Gasteiger partial charge on any atom is -0.493 e. The lowest BCUT2D eigenvalue weighted by Crippen LogP contribution is -2.19. The zero-order chi connectivity index (χ0) is 24.1. The molecule has 178 valence electrons. The van der Waals surface area contributed by atoms with Gasteiger partial charge in [0.15, 0.2) is 11.5 Å². The Morgan fingerprint density at radius 1 is 0.853 bits per heavy atom. The predicted octanol–water partition coefficient (Wildman–Crippen LogP) is 4.72. The number of benzene rings is 3. The third-order valence-corrected chi connectivity index (χ3v) is 5.63. The lowest BCUT2D eigenvalue weighted by molar-refractivity contribution is 0.261. The molecule has 0 amide bonds. The molecule has 1 aromatic heterocycles. The molecule has 34 heavy (non-hydrogen) atoms. The summed E-state index contributed by atoms with van der Waals surface area (Å²) in [7, 11) is 8.90. The Bertz CT molecular complexity index is 1230. The van der Waals surface area contributed by atoms with Crippen molar-refractivity contribution in [2.45, 2.75) is 6.54 Å². The van der Waals surface area contributed by atoms with Crippen molar-refractivity contribution in [3.8, 4) is 34.4 Å². The second-order valence-corrected chi connectivity index (χ2v) is 8.22. The van der Waals surface area contributed by atoms with E-state index in [2.05, 4.69) is 27.7 Å². The number of hydrogen-bond acceptors (Lipinski definition) is 6. The molecule has 0 fully saturated rings. The molecule has 0 aliphatic carbocycles. The normalized spacial score (nSPS) is 11.1. The number of ether oxygens (including phenoxy) is 4. The summed E-state index contributed by atoms with van der Waals surface area (Å²) in [6.07, 6.45) is 0. The SMILES string of the molecule is COc1cc(-c2nc3ccc(OCCN(C)C)cc3n2Cc2ccccc2)cc(OC)c1OC. The van der Waals surface area contributed by atoms with E-state index in [1.165, 1.54) is 5.56 Å². The Balaban J connectivity index is 1.84. The Morgan fingerprint density at radius 2 is 1.56 bits per heavy atom. The van der Waals surface area contributed by atoms with E-state index in [0.29, 0.717) is 30.4 Å². The molecule has 0 N–H and O–H groups in total. The summed E-state index contributed by atoms with van der Waals surface area (Å²) < 4.78 is 24.9. The van der Waals surface area contributed by atoms with Crippen LogP contribution in [0.25, 0.3) is 22.4 Å². The monoisotopic (exact) mass is 461 g/mol. The van der Waals surface area contributed by atoms with Gasteiger partial charge in [0, 0.05) is 24.7 Å². The van der Waals surface area contributed by atoms with Gasteiger partial charge in [-0.1, -0.05) is 30.3 Å². The number of rotatable bonds is 10. The predicted molar refractivity (Wildman–Crippen MR) is 134 cm³/mol. The second kappa shape index (κ2) is 10.5. The van der Waals surface area contributed by atoms with Crippen molar-refractivity contribution in [1.82, 2.24) is 14.5 Å². The van der Waals surface area contributed by atoms with Gasteiger partial charge in [-0.15, -0.1) is 0 Å². The zero-order valence-corrected chi connectivity index (χ0v) is 20.4. The molecule has 0 saturated heterocycles. The minimum atomic E-state index is 0.552. The van der Waals surface area contributed by atoms with Crippen LogP contribution < -0.4 is 18.9 Å². The fraction of sp³-hybridized carbons (Fsp3) is 0.296. The number of aromatic nitrogens is 2. The van der Waals surface area contributed by atoms with E-state index in [1.54, 1.807) is 21.3 Å². The minimum absolute atomic E-state index is 0.552. The number of hydrogen-bond donors (Lipinski definition) is 0. The Morgan fingerprint density at radius 3 is 2.18 bits per heavy atom. The highest BCUT2D eigenvalue weighted by Gasteiger charge is 2.19. The topological polar surface area (TPSA) is 58.0 Å². The Kier molecular flexibility index (Phi) is 7.23. The van der Waals surface area contributed by atoms with Crippen molar-refractivity contribution in [1.29, 1.82) is 0 Å². The maximum atomic E-state index is 6.01. The van der Waals surface area contributed by atoms with E-state index >= 15 is 0 Å². The number of nitrogens with zero attached hydrogens (tertiary/aromatic N) is 3. The smallest absolute Gasteiger partial charge is 0.203 e. The maximum absolute atomic E-state index is 6.01. The lowest BCUT2D eigenvalue weighted by Gasteiger charge is -2.15. The largest absolute Gasteiger partial charge is 0.493 e. The van der Waals surface area contributed by atoms with Crippen molar-refractivity contribution >= 4 is 11.0 Å². The summed E-state index contributed by atoms with van der Waals surface area (Å²) in [5.74, 6) is 3.35. The van der Waals surface area contributed by atoms with Crippen LogP contribution in [0.4, 0.5) is 0 Å². The lowest BCUT2D eigenvalue weighted by atomic mass is 10.1. The van der Waals surface area contributed by atoms with Gasteiger partial charge < -0.3 is 28.4 Å². The van der Waals surface area contributed by atoms with E-state index in [1.807, 2.05) is 56.6 Å². The molecule has 0 spiro atoms. The van der Waals surface area contributed by atoms with Crippen molar-refractivity contribution in [2.75, 3.05) is 48.6 Å². The molecule has 3 aromatic carbocycles. The third kappa shape index (κ3) is 4.94. The summed E-state index contributed by atoms with van der Waals surface area (Å²) in [5, 5.41) is 0. The van der Waals surface area contributed by atoms with E-state index < -0.39 is 0 Å². The molecule has 0 aliphatic rings. The zero-order valence-electron chi connectivity index (χ0n) is 20.4. The summed E-state index contributed by atoms with van der Waals surface area (Å²) in [6, 6.07) is 20.2. The van der Waals surface area contributed by atoms with Gasteiger partial charge in [0.1, 0.15) is 18.2 Å². The van der Waals surface area contributed by atoms with E-state index in [-0.39, 0.29) is 0 Å². The van der Waals surface area contributed by atoms with E-state index in [9.17, 15) is 0 Å². The molecule has 0 saturated carbocycles. The quantitative estimate of drug-likeness (QED) is 0.341. The van der Waals surface area contributed by atoms with Gasteiger partial charge in [-0.25, -0.2) is 4.98 Å². The molecule has 7 heteroatoms. The summed E-state index contributed by atoms with van der Waals surface area (Å²) in [6.45, 7) is 2.12. The van der Waals surface area contributed by atoms with Gasteiger partial charge in [0.05, 0.1) is 32.4 Å². The van der Waals surface area contributed by atoms with Crippen LogP contribution in [-0.2, 0) is 6.54 Å². The molecule has 0 bridgehead atoms. The molecule has 1 heterocycles. The first kappa shape index (κ1) is 23.4. The molecule has 4 rings (SSSR count). The number of imidazole rings is 1. The van der Waals surface area contributed by atoms with Gasteiger partial charge in [0.25, 0.3) is 0 Å². The highest BCUT2D eigenvalue weighted by atomic mass is 16.5. The number of fused-ring (bicyclic) bond motifs is 1. The molecule has 7 nitrogen and oxygen atoms in total. The van der Waals surface area contributed by atoms with Crippen molar-refractivity contribution in [3.63, 3.8) is 0 Å². The third-order valence-electron chi connectivity index (χ3n) is 5.63. The van der Waals surface area contributed by atoms with Crippen molar-refractivity contribution < 1.29 is 18.9 Å². The highest BCUT2D eigenvalue weighted by molar-refractivity contribution is 5.83. The average molecular weight is 462 g/mol. The van der Waals surface area contributed by atoms with Gasteiger partial charge in [0.2, 0.25) is 5.75 Å². The molecule has 0 radical (unpaired) electrons. The van der Waals surface area contributed by atoms with Crippen LogP contribution in [-0.4, -0.2) is 63.0 Å². The fourth-order valence-electron chi connectivity index (χ4n) is 3.89. The first-order chi connectivity index (χ1) is 16.5. The Labute approximate surface area is 200 Å². The molecule has 0 atom stereocenters. The van der Waals surface area contributed by atoms with Crippen LogP contribution in [0.15, 0.2) is 60.7 Å². The van der Waals surface area contributed by atoms with Crippen LogP contribution in [0, 0.1) is 0 Å². The summed E-state index contributed by atoms with van der Waals surface area (Å²) >= 11 is 0. The van der Waals surface area contributed by atoms with Gasteiger partial charge >= 0.3 is 0 Å². The van der Waals surface area contributed by atoms with Crippen molar-refractivity contribution in [3.05, 3.63) is 66.2 Å². The van der Waals surface area contributed by atoms with Crippen LogP contribution in [0.5, 0.6) is 23.0 Å².